The second kappa shape index (κ2) is 6.91. The number of aryl methyl sites for hydroxylation is 1. The number of aromatic nitrogens is 3. The van der Waals surface area contributed by atoms with Crippen LogP contribution in [0.15, 0.2) is 29.4 Å². The first-order valence-corrected chi connectivity index (χ1v) is 8.41. The standard InChI is InChI=1S/C15H19N5O2S/c1-10-18-19-15(20(10)16)23-9-11-2-6-13(7-3-11)22-8-14(21)17-12-4-5-12/h2-3,6-7,12H,4-5,8-9,16H2,1H3,(H,17,21). The molecule has 7 nitrogen and oxygen atoms in total. The number of thioether (sulfide) groups is 1. The zero-order valence-electron chi connectivity index (χ0n) is 12.9. The highest BCUT2D eigenvalue weighted by atomic mass is 32.2. The van der Waals surface area contributed by atoms with E-state index >= 15 is 0 Å². The van der Waals surface area contributed by atoms with Gasteiger partial charge in [0.25, 0.3) is 5.91 Å². The Hall–Kier alpha value is -2.22. The summed E-state index contributed by atoms with van der Waals surface area (Å²) in [6.45, 7) is 1.86. The van der Waals surface area contributed by atoms with Crippen molar-refractivity contribution in [2.24, 2.45) is 0 Å². The molecule has 0 saturated heterocycles. The topological polar surface area (TPSA) is 95.1 Å². The van der Waals surface area contributed by atoms with Crippen molar-refractivity contribution in [2.45, 2.75) is 36.7 Å². The summed E-state index contributed by atoms with van der Waals surface area (Å²) in [4.78, 5) is 11.6. The van der Waals surface area contributed by atoms with Gasteiger partial charge in [0.15, 0.2) is 6.61 Å². The molecule has 1 aromatic carbocycles. The fraction of sp³-hybridized carbons (Fsp3) is 0.400. The van der Waals surface area contributed by atoms with Crippen LogP contribution in [0.2, 0.25) is 0 Å². The number of nitrogen functional groups attached to an aromatic ring is 1. The molecule has 1 aromatic heterocycles. The number of nitrogens with one attached hydrogen (secondary N) is 1. The lowest BCUT2D eigenvalue weighted by Crippen LogP contribution is -2.30. The molecule has 1 aliphatic rings. The average Bonchev–Trinajstić information content (AvgIpc) is 3.31. The number of carbonyl (C=O) groups is 1. The lowest BCUT2D eigenvalue weighted by atomic mass is 10.2. The minimum atomic E-state index is -0.0650. The van der Waals surface area contributed by atoms with E-state index in [0.29, 0.717) is 22.8 Å². The summed E-state index contributed by atoms with van der Waals surface area (Å²) in [7, 11) is 0. The highest BCUT2D eigenvalue weighted by Gasteiger charge is 2.23. The SMILES string of the molecule is Cc1nnc(SCc2ccc(OCC(=O)NC3CC3)cc2)n1N. The van der Waals surface area contributed by atoms with Crippen LogP contribution in [0.3, 0.4) is 0 Å². The molecule has 2 aromatic rings. The van der Waals surface area contributed by atoms with Crippen LogP contribution in [0.25, 0.3) is 0 Å². The summed E-state index contributed by atoms with van der Waals surface area (Å²) in [5.41, 5.74) is 1.12. The van der Waals surface area contributed by atoms with Crippen LogP contribution >= 0.6 is 11.8 Å². The minimum absolute atomic E-state index is 0.0557. The number of hydrogen-bond donors (Lipinski definition) is 2. The third-order valence-corrected chi connectivity index (χ3v) is 4.45. The number of carbonyl (C=O) groups excluding carboxylic acids is 1. The molecule has 0 radical (unpaired) electrons. The molecule has 1 fully saturated rings. The van der Waals surface area contributed by atoms with E-state index in [-0.39, 0.29) is 12.5 Å². The van der Waals surface area contributed by atoms with Crippen molar-refractivity contribution < 1.29 is 9.53 Å². The fourth-order valence-corrected chi connectivity index (χ4v) is 2.78. The number of amides is 1. The van der Waals surface area contributed by atoms with Crippen molar-refractivity contribution in [1.29, 1.82) is 0 Å². The zero-order chi connectivity index (χ0) is 16.2. The van der Waals surface area contributed by atoms with E-state index in [1.165, 1.54) is 16.4 Å². The Balaban J connectivity index is 1.46. The summed E-state index contributed by atoms with van der Waals surface area (Å²) in [5, 5.41) is 11.5. The molecule has 8 heteroatoms. The second-order valence-electron chi connectivity index (χ2n) is 5.46. The second-order valence-corrected chi connectivity index (χ2v) is 6.41. The van der Waals surface area contributed by atoms with Gasteiger partial charge in [-0.25, -0.2) is 4.68 Å². The summed E-state index contributed by atoms with van der Waals surface area (Å²) >= 11 is 1.52. The van der Waals surface area contributed by atoms with Crippen molar-refractivity contribution in [1.82, 2.24) is 20.2 Å². The Kier molecular flexibility index (Phi) is 4.71. The van der Waals surface area contributed by atoms with Gasteiger partial charge >= 0.3 is 0 Å². The fourth-order valence-electron chi connectivity index (χ4n) is 1.92. The van der Waals surface area contributed by atoms with Gasteiger partial charge < -0.3 is 15.9 Å². The van der Waals surface area contributed by atoms with Crippen molar-refractivity contribution in [3.8, 4) is 5.75 Å². The van der Waals surface area contributed by atoms with Crippen molar-refractivity contribution in [3.63, 3.8) is 0 Å². The van der Waals surface area contributed by atoms with Gasteiger partial charge in [0.2, 0.25) is 5.16 Å². The molecule has 122 valence electrons. The van der Waals surface area contributed by atoms with Crippen LogP contribution in [-0.4, -0.2) is 33.4 Å². The number of benzene rings is 1. The first-order valence-electron chi connectivity index (χ1n) is 7.43. The Morgan fingerprint density at radius 2 is 2.13 bits per heavy atom. The largest absolute Gasteiger partial charge is 0.484 e. The molecule has 0 spiro atoms. The van der Waals surface area contributed by atoms with E-state index in [9.17, 15) is 4.79 Å². The van der Waals surface area contributed by atoms with Crippen molar-refractivity contribution in [3.05, 3.63) is 35.7 Å². The van der Waals surface area contributed by atoms with Crippen LogP contribution in [0.5, 0.6) is 5.75 Å². The van der Waals surface area contributed by atoms with Gasteiger partial charge in [0.1, 0.15) is 11.6 Å². The molecule has 0 unspecified atom stereocenters. The van der Waals surface area contributed by atoms with Gasteiger partial charge in [-0.2, -0.15) is 0 Å². The van der Waals surface area contributed by atoms with Crippen LogP contribution in [0, 0.1) is 6.92 Å². The van der Waals surface area contributed by atoms with Crippen molar-refractivity contribution >= 4 is 17.7 Å². The van der Waals surface area contributed by atoms with Gasteiger partial charge in [-0.05, 0) is 37.5 Å². The summed E-state index contributed by atoms with van der Waals surface area (Å²) in [6.07, 6.45) is 2.16. The van der Waals surface area contributed by atoms with Crippen LogP contribution < -0.4 is 15.9 Å². The minimum Gasteiger partial charge on any atom is -0.484 e. The maximum Gasteiger partial charge on any atom is 0.258 e. The molecular weight excluding hydrogens is 314 g/mol. The molecule has 23 heavy (non-hydrogen) atoms. The highest BCUT2D eigenvalue weighted by molar-refractivity contribution is 7.98. The molecular formula is C15H19N5O2S. The Labute approximate surface area is 138 Å². The van der Waals surface area contributed by atoms with E-state index in [2.05, 4.69) is 15.5 Å². The average molecular weight is 333 g/mol. The number of nitrogens with two attached hydrogens (primary N) is 1. The zero-order valence-corrected chi connectivity index (χ0v) is 13.7. The van der Waals surface area contributed by atoms with E-state index in [4.69, 9.17) is 10.6 Å². The van der Waals surface area contributed by atoms with Gasteiger partial charge in [-0.3, -0.25) is 4.79 Å². The van der Waals surface area contributed by atoms with Crippen LogP contribution in [0.1, 0.15) is 24.2 Å². The molecule has 0 bridgehead atoms. The maximum absolute atomic E-state index is 11.6. The first-order chi connectivity index (χ1) is 11.1. The smallest absolute Gasteiger partial charge is 0.258 e. The first kappa shape index (κ1) is 15.7. The number of nitrogens with zero attached hydrogens (tertiary/aromatic N) is 3. The normalized spacial score (nSPS) is 13.8. The lowest BCUT2D eigenvalue weighted by molar-refractivity contribution is -0.123. The Bertz CT molecular complexity index is 682. The van der Waals surface area contributed by atoms with Crippen molar-refractivity contribution in [2.75, 3.05) is 12.4 Å². The summed E-state index contributed by atoms with van der Waals surface area (Å²) in [5.74, 6) is 7.84. The quantitative estimate of drug-likeness (QED) is 0.585. The predicted molar refractivity (Wildman–Crippen MR) is 87.6 cm³/mol. The Morgan fingerprint density at radius 1 is 1.39 bits per heavy atom. The van der Waals surface area contributed by atoms with Gasteiger partial charge in [0.05, 0.1) is 0 Å². The molecule has 1 amide bonds. The molecule has 3 rings (SSSR count). The Morgan fingerprint density at radius 3 is 2.74 bits per heavy atom. The number of ether oxygens (including phenoxy) is 1. The lowest BCUT2D eigenvalue weighted by Gasteiger charge is -2.07. The molecule has 3 N–H and O–H groups in total. The summed E-state index contributed by atoms with van der Waals surface area (Å²) < 4.78 is 6.94. The van der Waals surface area contributed by atoms with E-state index in [1.807, 2.05) is 31.2 Å². The summed E-state index contributed by atoms with van der Waals surface area (Å²) in [6, 6.07) is 8.01. The number of hydrogen-bond acceptors (Lipinski definition) is 6. The third-order valence-electron chi connectivity index (χ3n) is 3.44. The molecule has 1 heterocycles. The van der Waals surface area contributed by atoms with Gasteiger partial charge in [0, 0.05) is 11.8 Å². The van der Waals surface area contributed by atoms with Gasteiger partial charge in [-0.1, -0.05) is 23.9 Å². The van der Waals surface area contributed by atoms with E-state index in [1.54, 1.807) is 0 Å². The molecule has 1 aliphatic carbocycles. The van der Waals surface area contributed by atoms with E-state index < -0.39 is 0 Å². The molecule has 0 atom stereocenters. The highest BCUT2D eigenvalue weighted by Crippen LogP contribution is 2.22. The maximum atomic E-state index is 11.6. The monoisotopic (exact) mass is 333 g/mol. The van der Waals surface area contributed by atoms with Gasteiger partial charge in [-0.15, -0.1) is 10.2 Å². The van der Waals surface area contributed by atoms with Crippen LogP contribution in [-0.2, 0) is 10.5 Å². The third kappa shape index (κ3) is 4.38. The molecule has 0 aliphatic heterocycles. The van der Waals surface area contributed by atoms with E-state index in [0.717, 1.165) is 24.2 Å². The number of rotatable bonds is 7. The predicted octanol–water partition coefficient (Wildman–Crippen LogP) is 1.25. The van der Waals surface area contributed by atoms with Crippen LogP contribution in [0.4, 0.5) is 0 Å². The molecule has 1 saturated carbocycles.